The van der Waals surface area contributed by atoms with Gasteiger partial charge in [0.1, 0.15) is 12.1 Å². The Labute approximate surface area is 101 Å². The molecule has 2 aromatic heterocycles. The van der Waals surface area contributed by atoms with Crippen LogP contribution in [0.25, 0.3) is 5.82 Å². The molecular weight excluding hydrogens is 247 g/mol. The predicted octanol–water partition coefficient (Wildman–Crippen LogP) is 2.03. The third kappa shape index (κ3) is 2.27. The lowest BCUT2D eigenvalue weighted by Crippen LogP contribution is -2.08. The van der Waals surface area contributed by atoms with E-state index in [0.29, 0.717) is 11.5 Å². The molecule has 96 valence electrons. The first-order chi connectivity index (χ1) is 8.41. The van der Waals surface area contributed by atoms with E-state index in [1.807, 2.05) is 0 Å². The largest absolute Gasteiger partial charge is 0.435 e. The maximum absolute atomic E-state index is 12.5. The molecule has 1 N–H and O–H groups in total. The smallest absolute Gasteiger partial charge is 0.373 e. The molecule has 0 atom stereocenters. The van der Waals surface area contributed by atoms with Gasteiger partial charge in [-0.15, -0.1) is 0 Å². The number of nitrogens with one attached hydrogen (secondary N) is 1. The summed E-state index contributed by atoms with van der Waals surface area (Å²) in [6.45, 7) is 1.53. The Morgan fingerprint density at radius 3 is 2.50 bits per heavy atom. The molecule has 0 saturated heterocycles. The van der Waals surface area contributed by atoms with Crippen molar-refractivity contribution in [2.24, 2.45) is 0 Å². The molecule has 0 unspecified atom stereocenters. The van der Waals surface area contributed by atoms with Crippen molar-refractivity contribution in [1.82, 2.24) is 19.7 Å². The quantitative estimate of drug-likeness (QED) is 0.894. The predicted molar refractivity (Wildman–Crippen MR) is 58.4 cm³/mol. The zero-order chi connectivity index (χ0) is 13.3. The molecule has 0 aliphatic rings. The fourth-order valence-corrected chi connectivity index (χ4v) is 1.44. The second-order valence-electron chi connectivity index (χ2n) is 3.59. The standard InChI is InChI=1S/C10H10F3N5/c1-6-3-7(10(11,12)13)17-18(6)9-4-8(14-2)15-5-16-9/h3-5H,1-2H3,(H,14,15,16). The molecule has 8 heteroatoms. The molecule has 0 bridgehead atoms. The van der Waals surface area contributed by atoms with Crippen LogP contribution in [0.4, 0.5) is 19.0 Å². The molecule has 5 nitrogen and oxygen atoms in total. The van der Waals surface area contributed by atoms with Crippen LogP contribution in [0.5, 0.6) is 0 Å². The summed E-state index contributed by atoms with van der Waals surface area (Å²) in [4.78, 5) is 7.78. The van der Waals surface area contributed by atoms with Crippen molar-refractivity contribution in [3.05, 3.63) is 29.8 Å². The molecule has 2 rings (SSSR count). The van der Waals surface area contributed by atoms with E-state index in [1.54, 1.807) is 7.05 Å². The fraction of sp³-hybridized carbons (Fsp3) is 0.300. The van der Waals surface area contributed by atoms with E-state index in [2.05, 4.69) is 20.4 Å². The lowest BCUT2D eigenvalue weighted by molar-refractivity contribution is -0.141. The summed E-state index contributed by atoms with van der Waals surface area (Å²) >= 11 is 0. The summed E-state index contributed by atoms with van der Waals surface area (Å²) in [6.07, 6.45) is -3.20. The Hall–Kier alpha value is -2.12. The average molecular weight is 257 g/mol. The van der Waals surface area contributed by atoms with Crippen molar-refractivity contribution >= 4 is 5.82 Å². The molecule has 0 fully saturated rings. The third-order valence-electron chi connectivity index (χ3n) is 2.30. The summed E-state index contributed by atoms with van der Waals surface area (Å²) in [5.41, 5.74) is -0.590. The van der Waals surface area contributed by atoms with Gasteiger partial charge in [0.05, 0.1) is 0 Å². The van der Waals surface area contributed by atoms with E-state index in [1.165, 1.54) is 19.3 Å². The van der Waals surface area contributed by atoms with Gasteiger partial charge in [0.25, 0.3) is 0 Å². The first kappa shape index (κ1) is 12.3. The number of rotatable bonds is 2. The van der Waals surface area contributed by atoms with Crippen LogP contribution >= 0.6 is 0 Å². The highest BCUT2D eigenvalue weighted by atomic mass is 19.4. The van der Waals surface area contributed by atoms with Gasteiger partial charge in [-0.05, 0) is 13.0 Å². The van der Waals surface area contributed by atoms with Crippen molar-refractivity contribution in [2.75, 3.05) is 12.4 Å². The molecule has 0 radical (unpaired) electrons. The van der Waals surface area contributed by atoms with Gasteiger partial charge in [-0.2, -0.15) is 18.3 Å². The molecule has 2 heterocycles. The number of alkyl halides is 3. The van der Waals surface area contributed by atoms with Gasteiger partial charge >= 0.3 is 6.18 Å². The van der Waals surface area contributed by atoms with E-state index in [4.69, 9.17) is 0 Å². The Bertz CT molecular complexity index is 561. The molecular formula is C10H10F3N5. The number of halogens is 3. The Balaban J connectivity index is 2.47. The van der Waals surface area contributed by atoms with Crippen LogP contribution in [0, 0.1) is 6.92 Å². The van der Waals surface area contributed by atoms with Gasteiger partial charge in [0.2, 0.25) is 0 Å². The van der Waals surface area contributed by atoms with Gasteiger partial charge in [0, 0.05) is 18.8 Å². The van der Waals surface area contributed by atoms with Crippen LogP contribution in [-0.2, 0) is 6.18 Å². The zero-order valence-electron chi connectivity index (χ0n) is 9.65. The average Bonchev–Trinajstić information content (AvgIpc) is 2.71. The van der Waals surface area contributed by atoms with Crippen LogP contribution in [0.2, 0.25) is 0 Å². The van der Waals surface area contributed by atoms with Crippen LogP contribution < -0.4 is 5.32 Å². The van der Waals surface area contributed by atoms with Crippen molar-refractivity contribution in [2.45, 2.75) is 13.1 Å². The minimum atomic E-state index is -4.46. The molecule has 2 aromatic rings. The van der Waals surface area contributed by atoms with E-state index < -0.39 is 11.9 Å². The minimum absolute atomic E-state index is 0.280. The molecule has 0 aliphatic carbocycles. The third-order valence-corrected chi connectivity index (χ3v) is 2.30. The molecule has 18 heavy (non-hydrogen) atoms. The minimum Gasteiger partial charge on any atom is -0.373 e. The van der Waals surface area contributed by atoms with Crippen LogP contribution in [-0.4, -0.2) is 26.8 Å². The second kappa shape index (κ2) is 4.28. The van der Waals surface area contributed by atoms with Gasteiger partial charge in [-0.1, -0.05) is 0 Å². The molecule has 0 saturated carbocycles. The highest BCUT2D eigenvalue weighted by molar-refractivity contribution is 5.40. The maximum atomic E-state index is 12.5. The van der Waals surface area contributed by atoms with Crippen molar-refractivity contribution in [3.8, 4) is 5.82 Å². The van der Waals surface area contributed by atoms with E-state index >= 15 is 0 Å². The lowest BCUT2D eigenvalue weighted by atomic mass is 10.3. The molecule has 0 aliphatic heterocycles. The molecule has 0 spiro atoms. The number of anilines is 1. The first-order valence-corrected chi connectivity index (χ1v) is 5.06. The number of aryl methyl sites for hydroxylation is 1. The van der Waals surface area contributed by atoms with E-state index in [9.17, 15) is 13.2 Å². The van der Waals surface area contributed by atoms with E-state index in [-0.39, 0.29) is 5.82 Å². The van der Waals surface area contributed by atoms with Crippen LogP contribution in [0.3, 0.4) is 0 Å². The summed E-state index contributed by atoms with van der Waals surface area (Å²) in [7, 11) is 1.66. The number of hydrogen-bond donors (Lipinski definition) is 1. The van der Waals surface area contributed by atoms with Gasteiger partial charge < -0.3 is 5.32 Å². The second-order valence-corrected chi connectivity index (χ2v) is 3.59. The summed E-state index contributed by atoms with van der Waals surface area (Å²) in [6, 6.07) is 2.49. The van der Waals surface area contributed by atoms with Crippen LogP contribution in [0.15, 0.2) is 18.5 Å². The van der Waals surface area contributed by atoms with Gasteiger partial charge in [0.15, 0.2) is 11.5 Å². The lowest BCUT2D eigenvalue weighted by Gasteiger charge is -2.05. The SMILES string of the molecule is CNc1cc(-n2nc(C(F)(F)F)cc2C)ncn1. The molecule has 0 aromatic carbocycles. The maximum Gasteiger partial charge on any atom is 0.435 e. The topological polar surface area (TPSA) is 55.6 Å². The Kier molecular flexibility index (Phi) is 2.93. The Morgan fingerprint density at radius 2 is 1.94 bits per heavy atom. The van der Waals surface area contributed by atoms with Crippen molar-refractivity contribution in [1.29, 1.82) is 0 Å². The molecule has 0 amide bonds. The van der Waals surface area contributed by atoms with Crippen molar-refractivity contribution < 1.29 is 13.2 Å². The van der Waals surface area contributed by atoms with Gasteiger partial charge in [-0.3, -0.25) is 0 Å². The Morgan fingerprint density at radius 1 is 1.22 bits per heavy atom. The summed E-state index contributed by atoms with van der Waals surface area (Å²) in [5.74, 6) is 0.783. The number of nitrogens with zero attached hydrogens (tertiary/aromatic N) is 4. The zero-order valence-corrected chi connectivity index (χ0v) is 9.65. The normalized spacial score (nSPS) is 11.6. The van der Waals surface area contributed by atoms with E-state index in [0.717, 1.165) is 10.7 Å². The first-order valence-electron chi connectivity index (χ1n) is 5.06. The van der Waals surface area contributed by atoms with Gasteiger partial charge in [-0.25, -0.2) is 14.6 Å². The monoisotopic (exact) mass is 257 g/mol. The number of hydrogen-bond acceptors (Lipinski definition) is 4. The highest BCUT2D eigenvalue weighted by Crippen LogP contribution is 2.29. The van der Waals surface area contributed by atoms with Crippen LogP contribution in [0.1, 0.15) is 11.4 Å². The highest BCUT2D eigenvalue weighted by Gasteiger charge is 2.34. The number of aromatic nitrogens is 4. The summed E-state index contributed by atoms with van der Waals surface area (Å²) < 4.78 is 38.7. The summed E-state index contributed by atoms with van der Waals surface area (Å²) in [5, 5.41) is 6.28. The van der Waals surface area contributed by atoms with Crippen molar-refractivity contribution in [3.63, 3.8) is 0 Å². The fourth-order valence-electron chi connectivity index (χ4n) is 1.44.